The van der Waals surface area contributed by atoms with Gasteiger partial charge in [0.15, 0.2) is 17.8 Å². The summed E-state index contributed by atoms with van der Waals surface area (Å²) in [4.78, 5) is 0. The summed E-state index contributed by atoms with van der Waals surface area (Å²) in [5.41, 5.74) is 0. The van der Waals surface area contributed by atoms with Gasteiger partial charge in [0.05, 0.1) is 20.3 Å². The van der Waals surface area contributed by atoms with E-state index >= 15 is 0 Å². The summed E-state index contributed by atoms with van der Waals surface area (Å²) >= 11 is 0. The van der Waals surface area contributed by atoms with E-state index in [1.165, 1.54) is 0 Å². The third-order valence-corrected chi connectivity index (χ3v) is 3.85. The second-order valence-corrected chi connectivity index (χ2v) is 5.37. The van der Waals surface area contributed by atoms with E-state index in [1.54, 1.807) is 33.1 Å². The highest BCUT2D eigenvalue weighted by molar-refractivity contribution is 7.53. The average molecular weight is 274 g/mol. The van der Waals surface area contributed by atoms with Crippen LogP contribution in [-0.2, 0) is 13.6 Å². The van der Waals surface area contributed by atoms with Gasteiger partial charge in [-0.3, -0.25) is 4.57 Å². The fraction of sp³-hybridized carbons (Fsp3) is 0.500. The van der Waals surface area contributed by atoms with E-state index in [1.807, 2.05) is 12.1 Å². The van der Waals surface area contributed by atoms with Crippen LogP contribution in [0, 0.1) is 0 Å². The van der Waals surface area contributed by atoms with Crippen molar-refractivity contribution >= 4 is 7.60 Å². The van der Waals surface area contributed by atoms with Gasteiger partial charge < -0.3 is 18.5 Å². The topological polar surface area (TPSA) is 54.0 Å². The van der Waals surface area contributed by atoms with Gasteiger partial charge in [-0.1, -0.05) is 12.1 Å². The minimum Gasteiger partial charge on any atom is -0.493 e. The van der Waals surface area contributed by atoms with Gasteiger partial charge >= 0.3 is 7.60 Å². The molecule has 0 amide bonds. The molecule has 0 N–H and O–H groups in total. The molecule has 0 bridgehead atoms. The number of hydrogen-bond donors (Lipinski definition) is 0. The molecule has 1 rings (SSSR count). The number of rotatable bonds is 8. The van der Waals surface area contributed by atoms with Crippen molar-refractivity contribution in [3.05, 3.63) is 24.3 Å². The normalized spacial score (nSPS) is 11.3. The number of benzene rings is 1. The molecule has 0 atom stereocenters. The summed E-state index contributed by atoms with van der Waals surface area (Å²) in [6.07, 6.45) is -0.130. The van der Waals surface area contributed by atoms with Crippen molar-refractivity contribution in [1.82, 2.24) is 0 Å². The summed E-state index contributed by atoms with van der Waals surface area (Å²) in [6, 6.07) is 7.14. The van der Waals surface area contributed by atoms with Crippen LogP contribution in [0.4, 0.5) is 0 Å². The molecule has 0 radical (unpaired) electrons. The summed E-state index contributed by atoms with van der Waals surface area (Å²) in [7, 11) is -1.64. The largest absolute Gasteiger partial charge is 0.493 e. The zero-order chi connectivity index (χ0) is 13.4. The van der Waals surface area contributed by atoms with Crippen LogP contribution in [0.2, 0.25) is 0 Å². The monoisotopic (exact) mass is 274 g/mol. The lowest BCUT2D eigenvalue weighted by Crippen LogP contribution is -2.06. The highest BCUT2D eigenvalue weighted by Crippen LogP contribution is 2.48. The second-order valence-electron chi connectivity index (χ2n) is 3.37. The van der Waals surface area contributed by atoms with E-state index in [0.717, 1.165) is 0 Å². The lowest BCUT2D eigenvalue weighted by Gasteiger charge is -2.18. The van der Waals surface area contributed by atoms with Gasteiger partial charge in [0, 0.05) is 0 Å². The minimum atomic E-state index is -3.19. The molecule has 0 aromatic heterocycles. The van der Waals surface area contributed by atoms with E-state index in [4.69, 9.17) is 18.5 Å². The fourth-order valence-corrected chi connectivity index (χ4v) is 2.70. The van der Waals surface area contributed by atoms with Crippen molar-refractivity contribution in [2.75, 3.05) is 26.7 Å². The van der Waals surface area contributed by atoms with Crippen molar-refractivity contribution in [2.24, 2.45) is 0 Å². The van der Waals surface area contributed by atoms with Crippen molar-refractivity contribution in [3.63, 3.8) is 0 Å². The number of hydrogen-bond acceptors (Lipinski definition) is 5. The van der Waals surface area contributed by atoms with Crippen LogP contribution in [0.3, 0.4) is 0 Å². The maximum absolute atomic E-state index is 12.2. The molecule has 0 aliphatic carbocycles. The second kappa shape index (κ2) is 7.41. The molecule has 102 valence electrons. The first-order valence-electron chi connectivity index (χ1n) is 5.79. The molecule has 0 aliphatic rings. The zero-order valence-electron chi connectivity index (χ0n) is 10.9. The predicted molar refractivity (Wildman–Crippen MR) is 69.3 cm³/mol. The Kier molecular flexibility index (Phi) is 6.19. The number of ether oxygens (including phenoxy) is 2. The van der Waals surface area contributed by atoms with Crippen LogP contribution in [0.1, 0.15) is 13.8 Å². The quantitative estimate of drug-likeness (QED) is 0.681. The minimum absolute atomic E-state index is 0.130. The summed E-state index contributed by atoms with van der Waals surface area (Å²) in [5.74, 6) is 1.09. The van der Waals surface area contributed by atoms with E-state index in [2.05, 4.69) is 0 Å². The maximum atomic E-state index is 12.2. The van der Waals surface area contributed by atoms with Crippen LogP contribution in [0.25, 0.3) is 0 Å². The van der Waals surface area contributed by atoms with Gasteiger partial charge in [0.1, 0.15) is 0 Å². The van der Waals surface area contributed by atoms with Gasteiger partial charge in [0.25, 0.3) is 0 Å². The Balaban J connectivity index is 2.69. The molecule has 6 heteroatoms. The highest BCUT2D eigenvalue weighted by Gasteiger charge is 2.25. The van der Waals surface area contributed by atoms with Gasteiger partial charge in [-0.25, -0.2) is 0 Å². The maximum Gasteiger partial charge on any atom is 0.367 e. The molecule has 1 aromatic carbocycles. The van der Waals surface area contributed by atoms with E-state index < -0.39 is 7.60 Å². The zero-order valence-corrected chi connectivity index (χ0v) is 11.8. The first-order valence-corrected chi connectivity index (χ1v) is 7.52. The number of para-hydroxylation sites is 2. The SMILES string of the molecule is CCOP(=O)(COc1ccccc1OC)OCC. The van der Waals surface area contributed by atoms with Gasteiger partial charge in [-0.05, 0) is 26.0 Å². The predicted octanol–water partition coefficient (Wildman–Crippen LogP) is 3.30. The lowest BCUT2D eigenvalue weighted by atomic mass is 10.3. The molecule has 0 heterocycles. The van der Waals surface area contributed by atoms with Gasteiger partial charge in [0.2, 0.25) is 0 Å². The molecule has 0 aliphatic heterocycles. The molecule has 0 unspecified atom stereocenters. The lowest BCUT2D eigenvalue weighted by molar-refractivity contribution is 0.195. The van der Waals surface area contributed by atoms with Gasteiger partial charge in [-0.15, -0.1) is 0 Å². The molecule has 1 aromatic rings. The molecular formula is C12H19O5P. The Labute approximate surface area is 108 Å². The smallest absolute Gasteiger partial charge is 0.367 e. The summed E-state index contributed by atoms with van der Waals surface area (Å²) < 4.78 is 33.0. The van der Waals surface area contributed by atoms with Crippen LogP contribution in [-0.4, -0.2) is 26.7 Å². The third-order valence-electron chi connectivity index (χ3n) is 2.10. The summed E-state index contributed by atoms with van der Waals surface area (Å²) in [6.45, 7) is 4.14. The first kappa shape index (κ1) is 15.0. The molecule has 0 saturated heterocycles. The van der Waals surface area contributed by atoms with Crippen molar-refractivity contribution in [3.8, 4) is 11.5 Å². The first-order chi connectivity index (χ1) is 8.65. The molecule has 0 saturated carbocycles. The van der Waals surface area contributed by atoms with Crippen molar-refractivity contribution in [1.29, 1.82) is 0 Å². The molecule has 5 nitrogen and oxygen atoms in total. The van der Waals surface area contributed by atoms with Crippen molar-refractivity contribution in [2.45, 2.75) is 13.8 Å². The highest BCUT2D eigenvalue weighted by atomic mass is 31.2. The Morgan fingerprint density at radius 1 is 1.06 bits per heavy atom. The van der Waals surface area contributed by atoms with Crippen LogP contribution in [0.5, 0.6) is 11.5 Å². The molecule has 0 fully saturated rings. The third kappa shape index (κ3) is 4.33. The van der Waals surface area contributed by atoms with Gasteiger partial charge in [-0.2, -0.15) is 0 Å². The summed E-state index contributed by atoms with van der Waals surface area (Å²) in [5, 5.41) is 0. The molecular weight excluding hydrogens is 255 g/mol. The Morgan fingerprint density at radius 2 is 1.61 bits per heavy atom. The van der Waals surface area contributed by atoms with E-state index in [9.17, 15) is 4.57 Å². The Bertz CT molecular complexity index is 397. The Hall–Kier alpha value is -1.03. The molecule has 18 heavy (non-hydrogen) atoms. The van der Waals surface area contributed by atoms with Crippen LogP contribution < -0.4 is 9.47 Å². The van der Waals surface area contributed by atoms with Crippen LogP contribution in [0.15, 0.2) is 24.3 Å². The van der Waals surface area contributed by atoms with Crippen molar-refractivity contribution < 1.29 is 23.1 Å². The average Bonchev–Trinajstić information content (AvgIpc) is 2.37. The van der Waals surface area contributed by atoms with Crippen LogP contribution >= 0.6 is 7.60 Å². The molecule has 0 spiro atoms. The van der Waals surface area contributed by atoms with E-state index in [0.29, 0.717) is 24.7 Å². The Morgan fingerprint density at radius 3 is 2.11 bits per heavy atom. The van der Waals surface area contributed by atoms with E-state index in [-0.39, 0.29) is 6.35 Å². The number of methoxy groups -OCH3 is 1. The fourth-order valence-electron chi connectivity index (χ4n) is 1.39. The standard InChI is InChI=1S/C12H19O5P/c1-4-16-18(13,17-5-2)10-15-12-9-7-6-8-11(12)14-3/h6-9H,4-5,10H2,1-3H3.